The Hall–Kier alpha value is -0.100. The summed E-state index contributed by atoms with van der Waals surface area (Å²) in [5, 5.41) is 0. The van der Waals surface area contributed by atoms with Crippen LogP contribution in [-0.2, 0) is 6.42 Å². The summed E-state index contributed by atoms with van der Waals surface area (Å²) in [7, 11) is 0. The first-order valence-electron chi connectivity index (χ1n) is 5.66. The minimum atomic E-state index is 1.10. The van der Waals surface area contributed by atoms with Crippen molar-refractivity contribution in [3.05, 3.63) is 53.7 Å². The molecule has 2 aromatic carbocycles. The maximum absolute atomic E-state index is 2.50. The topological polar surface area (TPSA) is 0 Å². The van der Waals surface area contributed by atoms with Crippen LogP contribution in [0.2, 0.25) is 0 Å². The van der Waals surface area contributed by atoms with E-state index < -0.39 is 0 Å². The summed E-state index contributed by atoms with van der Waals surface area (Å²) in [4.78, 5) is 0. The van der Waals surface area contributed by atoms with Gasteiger partial charge in [0.25, 0.3) is 0 Å². The summed E-state index contributed by atoms with van der Waals surface area (Å²) >= 11 is 4.98. The van der Waals surface area contributed by atoms with Crippen molar-refractivity contribution in [2.75, 3.05) is 0 Å². The SMILES string of the molecule is Cc1c(C)c2c(c(I)c1I)-c1ccccc1C2. The van der Waals surface area contributed by atoms with Crippen LogP contribution in [0.1, 0.15) is 22.3 Å². The van der Waals surface area contributed by atoms with Crippen LogP contribution in [0, 0.1) is 21.0 Å². The molecule has 0 fully saturated rings. The largest absolute Gasteiger partial charge is 0.0619 e. The van der Waals surface area contributed by atoms with Gasteiger partial charge in [-0.1, -0.05) is 24.3 Å². The molecule has 0 saturated carbocycles. The summed E-state index contributed by atoms with van der Waals surface area (Å²) in [5.41, 5.74) is 8.85. The average molecular weight is 446 g/mol. The zero-order chi connectivity index (χ0) is 12.2. The van der Waals surface area contributed by atoms with Gasteiger partial charge in [-0.2, -0.15) is 0 Å². The van der Waals surface area contributed by atoms with E-state index in [2.05, 4.69) is 83.3 Å². The van der Waals surface area contributed by atoms with Gasteiger partial charge in [0.1, 0.15) is 0 Å². The number of rotatable bonds is 0. The van der Waals surface area contributed by atoms with Crippen molar-refractivity contribution in [1.82, 2.24) is 0 Å². The molecule has 0 heterocycles. The highest BCUT2D eigenvalue weighted by Crippen LogP contribution is 2.43. The van der Waals surface area contributed by atoms with Gasteiger partial charge in [0.2, 0.25) is 0 Å². The molecule has 3 rings (SSSR count). The third-order valence-corrected chi connectivity index (χ3v) is 7.17. The molecule has 0 spiro atoms. The van der Waals surface area contributed by atoms with Crippen molar-refractivity contribution in [1.29, 1.82) is 0 Å². The van der Waals surface area contributed by atoms with Crippen molar-refractivity contribution < 1.29 is 0 Å². The molecule has 0 nitrogen and oxygen atoms in total. The smallest absolute Gasteiger partial charge is 0.0348 e. The molecule has 0 unspecified atom stereocenters. The Bertz CT molecular complexity index is 627. The van der Waals surface area contributed by atoms with Crippen LogP contribution in [0.4, 0.5) is 0 Å². The van der Waals surface area contributed by atoms with Gasteiger partial charge in [-0.25, -0.2) is 0 Å². The summed E-state index contributed by atoms with van der Waals surface area (Å²) in [6.45, 7) is 4.50. The van der Waals surface area contributed by atoms with E-state index in [0.29, 0.717) is 0 Å². The van der Waals surface area contributed by atoms with E-state index >= 15 is 0 Å². The van der Waals surface area contributed by atoms with E-state index in [1.165, 1.54) is 40.5 Å². The van der Waals surface area contributed by atoms with Gasteiger partial charge in [-0.05, 0) is 93.3 Å². The molecule has 1 aliphatic carbocycles. The monoisotopic (exact) mass is 446 g/mol. The molecule has 0 amide bonds. The van der Waals surface area contributed by atoms with E-state index in [1.54, 1.807) is 0 Å². The molecular weight excluding hydrogens is 434 g/mol. The van der Waals surface area contributed by atoms with Gasteiger partial charge in [0.15, 0.2) is 0 Å². The zero-order valence-corrected chi connectivity index (χ0v) is 14.1. The van der Waals surface area contributed by atoms with Crippen LogP contribution in [0.25, 0.3) is 11.1 Å². The lowest BCUT2D eigenvalue weighted by Gasteiger charge is -2.13. The fourth-order valence-electron chi connectivity index (χ4n) is 2.60. The molecule has 0 saturated heterocycles. The highest BCUT2D eigenvalue weighted by molar-refractivity contribution is 14.1. The maximum atomic E-state index is 2.50. The number of halogens is 2. The number of hydrogen-bond acceptors (Lipinski definition) is 0. The summed E-state index contributed by atoms with van der Waals surface area (Å²) in [6, 6.07) is 8.80. The van der Waals surface area contributed by atoms with Crippen molar-refractivity contribution in [2.45, 2.75) is 20.3 Å². The molecule has 0 bridgehead atoms. The fourth-order valence-corrected chi connectivity index (χ4v) is 4.29. The summed E-state index contributed by atoms with van der Waals surface area (Å²) < 4.78 is 2.84. The second-order valence-electron chi connectivity index (χ2n) is 4.57. The predicted molar refractivity (Wildman–Crippen MR) is 89.6 cm³/mol. The minimum Gasteiger partial charge on any atom is -0.0619 e. The fraction of sp³-hybridized carbons (Fsp3) is 0.200. The Kier molecular flexibility index (Phi) is 2.97. The van der Waals surface area contributed by atoms with Crippen LogP contribution in [0.5, 0.6) is 0 Å². The number of fused-ring (bicyclic) bond motifs is 3. The molecule has 1 aliphatic rings. The second-order valence-corrected chi connectivity index (χ2v) is 6.72. The third-order valence-electron chi connectivity index (χ3n) is 3.71. The maximum Gasteiger partial charge on any atom is 0.0348 e. The Morgan fingerprint density at radius 3 is 2.41 bits per heavy atom. The van der Waals surface area contributed by atoms with Crippen molar-refractivity contribution in [3.63, 3.8) is 0 Å². The number of hydrogen-bond donors (Lipinski definition) is 0. The molecule has 0 radical (unpaired) electrons. The molecule has 86 valence electrons. The molecule has 17 heavy (non-hydrogen) atoms. The molecule has 0 aliphatic heterocycles. The Morgan fingerprint density at radius 2 is 1.65 bits per heavy atom. The molecule has 0 atom stereocenters. The van der Waals surface area contributed by atoms with Gasteiger partial charge >= 0.3 is 0 Å². The van der Waals surface area contributed by atoms with E-state index in [9.17, 15) is 0 Å². The van der Waals surface area contributed by atoms with Crippen molar-refractivity contribution in [2.24, 2.45) is 0 Å². The van der Waals surface area contributed by atoms with Crippen LogP contribution < -0.4 is 0 Å². The standard InChI is InChI=1S/C15H12I2/c1-8-9(2)14(16)15(17)13-11-6-4-3-5-10(11)7-12(8)13/h3-6H,7H2,1-2H3. The van der Waals surface area contributed by atoms with Gasteiger partial charge < -0.3 is 0 Å². The highest BCUT2D eigenvalue weighted by atomic mass is 127. The predicted octanol–water partition coefficient (Wildman–Crippen LogP) is 5.08. The van der Waals surface area contributed by atoms with E-state index in [0.717, 1.165) is 6.42 Å². The summed E-state index contributed by atoms with van der Waals surface area (Å²) in [6.07, 6.45) is 1.10. The van der Waals surface area contributed by atoms with Gasteiger partial charge in [-0.15, -0.1) is 0 Å². The first kappa shape index (κ1) is 12.0. The van der Waals surface area contributed by atoms with E-state index in [1.807, 2.05) is 0 Å². The lowest BCUT2D eigenvalue weighted by atomic mass is 9.98. The van der Waals surface area contributed by atoms with E-state index in [-0.39, 0.29) is 0 Å². The highest BCUT2D eigenvalue weighted by Gasteiger charge is 2.25. The van der Waals surface area contributed by atoms with Crippen LogP contribution >= 0.6 is 45.2 Å². The van der Waals surface area contributed by atoms with Crippen LogP contribution in [0.3, 0.4) is 0 Å². The van der Waals surface area contributed by atoms with Crippen LogP contribution in [0.15, 0.2) is 24.3 Å². The molecule has 0 aromatic heterocycles. The number of benzene rings is 2. The zero-order valence-electron chi connectivity index (χ0n) is 9.77. The van der Waals surface area contributed by atoms with Gasteiger partial charge in [0, 0.05) is 12.7 Å². The Labute approximate surface area is 129 Å². The molecule has 2 heteroatoms. The normalized spacial score (nSPS) is 12.5. The Morgan fingerprint density at radius 1 is 0.941 bits per heavy atom. The first-order chi connectivity index (χ1) is 8.11. The first-order valence-corrected chi connectivity index (χ1v) is 7.82. The molecule has 0 N–H and O–H groups in total. The van der Waals surface area contributed by atoms with Crippen LogP contribution in [-0.4, -0.2) is 0 Å². The quantitative estimate of drug-likeness (QED) is 0.423. The van der Waals surface area contributed by atoms with Crippen molar-refractivity contribution >= 4 is 45.2 Å². The minimum absolute atomic E-state index is 1.10. The molecule has 2 aromatic rings. The lowest BCUT2D eigenvalue weighted by Crippen LogP contribution is -1.98. The van der Waals surface area contributed by atoms with Gasteiger partial charge in [-0.3, -0.25) is 0 Å². The molecular formula is C15H12I2. The average Bonchev–Trinajstić information content (AvgIpc) is 2.73. The third kappa shape index (κ3) is 1.67. The second kappa shape index (κ2) is 4.23. The lowest BCUT2D eigenvalue weighted by molar-refractivity contribution is 1.17. The summed E-state index contributed by atoms with van der Waals surface area (Å²) in [5.74, 6) is 0. The van der Waals surface area contributed by atoms with E-state index in [4.69, 9.17) is 0 Å². The van der Waals surface area contributed by atoms with Crippen molar-refractivity contribution in [3.8, 4) is 11.1 Å². The van der Waals surface area contributed by atoms with Gasteiger partial charge in [0.05, 0.1) is 0 Å². The Balaban J connectivity index is 2.41.